The molecule has 0 bridgehead atoms. The van der Waals surface area contributed by atoms with Gasteiger partial charge in [-0.05, 0) is 50.6 Å². The fourth-order valence-electron chi connectivity index (χ4n) is 3.96. The highest BCUT2D eigenvalue weighted by molar-refractivity contribution is 5.96. The van der Waals surface area contributed by atoms with Crippen molar-refractivity contribution in [3.63, 3.8) is 0 Å². The van der Waals surface area contributed by atoms with Crippen LogP contribution in [0.5, 0.6) is 0 Å². The molecule has 1 aliphatic rings. The molecule has 4 heterocycles. The number of carbonyl (C=O) groups is 1. The molecule has 1 amide bonds. The van der Waals surface area contributed by atoms with Gasteiger partial charge in [-0.3, -0.25) is 9.69 Å². The third-order valence-corrected chi connectivity index (χ3v) is 5.74. The van der Waals surface area contributed by atoms with Crippen molar-refractivity contribution in [1.82, 2.24) is 40.0 Å². The van der Waals surface area contributed by atoms with Gasteiger partial charge in [-0.25, -0.2) is 9.97 Å². The van der Waals surface area contributed by atoms with Gasteiger partial charge in [0.05, 0.1) is 24.1 Å². The standard InChI is InChI=1S/C23H25N9O/c1-15-4-9-19-28-29-20(32(19)30-15)13-26-23(33)21-22(24)25-12-18(27-21)17-7-5-16(6-8-17)14-31-10-2-3-11-31/h4-9,12H,2-3,10-11,13-14H2,1H3,(H2,24,25)(H,26,33). The van der Waals surface area contributed by atoms with E-state index in [1.54, 1.807) is 10.7 Å². The number of likely N-dealkylation sites (tertiary alicyclic amines) is 1. The lowest BCUT2D eigenvalue weighted by Gasteiger charge is -2.14. The Hall–Kier alpha value is -3.92. The number of anilines is 1. The Morgan fingerprint density at radius 3 is 2.67 bits per heavy atom. The second-order valence-corrected chi connectivity index (χ2v) is 8.21. The molecule has 0 aliphatic carbocycles. The number of rotatable bonds is 6. The predicted octanol–water partition coefficient (Wildman–Crippen LogP) is 2.00. The van der Waals surface area contributed by atoms with E-state index in [-0.39, 0.29) is 18.1 Å². The molecule has 0 unspecified atom stereocenters. The van der Waals surface area contributed by atoms with Crippen LogP contribution in [-0.4, -0.2) is 53.7 Å². The van der Waals surface area contributed by atoms with E-state index in [1.165, 1.54) is 18.4 Å². The smallest absolute Gasteiger partial charge is 0.274 e. The van der Waals surface area contributed by atoms with Gasteiger partial charge >= 0.3 is 0 Å². The minimum absolute atomic E-state index is 0.0713. The first-order valence-corrected chi connectivity index (χ1v) is 11.0. The van der Waals surface area contributed by atoms with Gasteiger partial charge in [-0.2, -0.15) is 9.61 Å². The van der Waals surface area contributed by atoms with Crippen molar-refractivity contribution in [2.75, 3.05) is 18.8 Å². The molecular weight excluding hydrogens is 418 g/mol. The number of aromatic nitrogens is 6. The largest absolute Gasteiger partial charge is 0.382 e. The molecule has 1 fully saturated rings. The van der Waals surface area contributed by atoms with Gasteiger partial charge in [0, 0.05) is 12.1 Å². The first kappa shape index (κ1) is 21.0. The number of benzene rings is 1. The third kappa shape index (κ3) is 4.51. The molecule has 168 valence electrons. The molecule has 1 aliphatic heterocycles. The molecule has 4 aromatic rings. The van der Waals surface area contributed by atoms with Crippen LogP contribution in [0, 0.1) is 6.92 Å². The Labute approximate surface area is 190 Å². The molecule has 10 nitrogen and oxygen atoms in total. The molecule has 0 spiro atoms. The van der Waals surface area contributed by atoms with Crippen molar-refractivity contribution in [2.45, 2.75) is 32.9 Å². The highest BCUT2D eigenvalue weighted by Crippen LogP contribution is 2.21. The van der Waals surface area contributed by atoms with Crippen molar-refractivity contribution < 1.29 is 4.79 Å². The van der Waals surface area contributed by atoms with Crippen LogP contribution in [-0.2, 0) is 13.1 Å². The number of fused-ring (bicyclic) bond motifs is 1. The summed E-state index contributed by atoms with van der Waals surface area (Å²) in [6.07, 6.45) is 4.13. The molecule has 0 saturated carbocycles. The average Bonchev–Trinajstić information content (AvgIpc) is 3.48. The van der Waals surface area contributed by atoms with E-state index in [9.17, 15) is 4.79 Å². The summed E-state index contributed by atoms with van der Waals surface area (Å²) in [5.74, 6) is 0.150. The number of nitrogens with one attached hydrogen (secondary N) is 1. The van der Waals surface area contributed by atoms with E-state index in [2.05, 4.69) is 47.6 Å². The average molecular weight is 444 g/mol. The molecule has 3 aromatic heterocycles. The Balaban J connectivity index is 1.30. The second kappa shape index (κ2) is 8.91. The molecule has 10 heteroatoms. The number of nitrogen functional groups attached to an aromatic ring is 1. The maximum atomic E-state index is 12.8. The molecule has 3 N–H and O–H groups in total. The van der Waals surface area contributed by atoms with E-state index in [0.717, 1.165) is 30.9 Å². The molecule has 0 atom stereocenters. The summed E-state index contributed by atoms with van der Waals surface area (Å²) in [4.78, 5) is 23.9. The van der Waals surface area contributed by atoms with Crippen molar-refractivity contribution >= 4 is 17.4 Å². The number of aryl methyl sites for hydroxylation is 1. The van der Waals surface area contributed by atoms with Crippen LogP contribution in [0.25, 0.3) is 16.9 Å². The summed E-state index contributed by atoms with van der Waals surface area (Å²) in [6.45, 7) is 5.27. The zero-order valence-corrected chi connectivity index (χ0v) is 18.4. The van der Waals surface area contributed by atoms with Crippen molar-refractivity contribution in [2.24, 2.45) is 0 Å². The van der Waals surface area contributed by atoms with Gasteiger partial charge in [-0.15, -0.1) is 10.2 Å². The van der Waals surface area contributed by atoms with Gasteiger partial charge in [-0.1, -0.05) is 24.3 Å². The molecule has 1 saturated heterocycles. The first-order valence-electron chi connectivity index (χ1n) is 11.0. The lowest BCUT2D eigenvalue weighted by atomic mass is 10.1. The number of nitrogens with zero attached hydrogens (tertiary/aromatic N) is 7. The molecule has 0 radical (unpaired) electrons. The quantitative estimate of drug-likeness (QED) is 0.463. The van der Waals surface area contributed by atoms with Crippen molar-refractivity contribution in [1.29, 1.82) is 0 Å². The number of nitrogens with two attached hydrogens (primary N) is 1. The Kier molecular flexibility index (Phi) is 5.66. The second-order valence-electron chi connectivity index (χ2n) is 8.21. The summed E-state index contributed by atoms with van der Waals surface area (Å²) < 4.78 is 1.60. The minimum atomic E-state index is -0.433. The highest BCUT2D eigenvalue weighted by atomic mass is 16.1. The van der Waals surface area contributed by atoms with Gasteiger partial charge in [0.1, 0.15) is 0 Å². The number of carbonyl (C=O) groups excluding carboxylic acids is 1. The Morgan fingerprint density at radius 2 is 1.88 bits per heavy atom. The fraction of sp³-hybridized carbons (Fsp3) is 0.304. The number of hydrogen-bond acceptors (Lipinski definition) is 8. The summed E-state index contributed by atoms with van der Waals surface area (Å²) in [5, 5.41) is 15.3. The van der Waals surface area contributed by atoms with Crippen LogP contribution in [0.1, 0.15) is 40.4 Å². The highest BCUT2D eigenvalue weighted by Gasteiger charge is 2.17. The van der Waals surface area contributed by atoms with Crippen molar-refractivity contribution in [3.8, 4) is 11.3 Å². The van der Waals surface area contributed by atoms with E-state index in [1.807, 2.05) is 31.2 Å². The minimum Gasteiger partial charge on any atom is -0.382 e. The summed E-state index contributed by atoms with van der Waals surface area (Å²) >= 11 is 0. The molecule has 5 rings (SSSR count). The summed E-state index contributed by atoms with van der Waals surface area (Å²) in [6, 6.07) is 11.9. The molecule has 1 aromatic carbocycles. The molecule has 33 heavy (non-hydrogen) atoms. The topological polar surface area (TPSA) is 127 Å². The van der Waals surface area contributed by atoms with Crippen LogP contribution in [0.2, 0.25) is 0 Å². The van der Waals surface area contributed by atoms with E-state index in [4.69, 9.17) is 5.73 Å². The van der Waals surface area contributed by atoms with Crippen LogP contribution in [0.3, 0.4) is 0 Å². The fourth-order valence-corrected chi connectivity index (χ4v) is 3.96. The third-order valence-electron chi connectivity index (χ3n) is 5.74. The van der Waals surface area contributed by atoms with Crippen LogP contribution < -0.4 is 11.1 Å². The maximum absolute atomic E-state index is 12.8. The lowest BCUT2D eigenvalue weighted by molar-refractivity contribution is 0.0945. The number of amides is 1. The van der Waals surface area contributed by atoms with Crippen molar-refractivity contribution in [3.05, 3.63) is 65.4 Å². The van der Waals surface area contributed by atoms with E-state index in [0.29, 0.717) is 17.2 Å². The summed E-state index contributed by atoms with van der Waals surface area (Å²) in [5.41, 5.74) is 10.2. The van der Waals surface area contributed by atoms with Gasteiger partial charge in [0.2, 0.25) is 0 Å². The monoisotopic (exact) mass is 443 g/mol. The SMILES string of the molecule is Cc1ccc2nnc(CNC(=O)c3nc(-c4ccc(CN5CCCC5)cc4)cnc3N)n2n1. The Morgan fingerprint density at radius 1 is 1.09 bits per heavy atom. The maximum Gasteiger partial charge on any atom is 0.274 e. The van der Waals surface area contributed by atoms with Gasteiger partial charge in [0.15, 0.2) is 23.0 Å². The van der Waals surface area contributed by atoms with E-state index >= 15 is 0 Å². The first-order chi connectivity index (χ1) is 16.1. The zero-order valence-electron chi connectivity index (χ0n) is 18.4. The van der Waals surface area contributed by atoms with Gasteiger partial charge < -0.3 is 11.1 Å². The Bertz CT molecular complexity index is 1290. The molecular formula is C23H25N9O. The van der Waals surface area contributed by atoms with E-state index < -0.39 is 5.91 Å². The normalized spacial score (nSPS) is 14.1. The lowest BCUT2D eigenvalue weighted by Crippen LogP contribution is -2.26. The zero-order chi connectivity index (χ0) is 22.8. The summed E-state index contributed by atoms with van der Waals surface area (Å²) in [7, 11) is 0. The number of hydrogen-bond donors (Lipinski definition) is 2. The predicted molar refractivity (Wildman–Crippen MR) is 123 cm³/mol. The van der Waals surface area contributed by atoms with Crippen LogP contribution >= 0.6 is 0 Å². The van der Waals surface area contributed by atoms with Crippen LogP contribution in [0.4, 0.5) is 5.82 Å². The van der Waals surface area contributed by atoms with Crippen LogP contribution in [0.15, 0.2) is 42.6 Å². The van der Waals surface area contributed by atoms with Gasteiger partial charge in [0.25, 0.3) is 5.91 Å².